The van der Waals surface area contributed by atoms with Gasteiger partial charge in [-0.2, -0.15) is 0 Å². The van der Waals surface area contributed by atoms with Gasteiger partial charge in [-0.1, -0.05) is 52.0 Å². The molecule has 0 unspecified atom stereocenters. The summed E-state index contributed by atoms with van der Waals surface area (Å²) in [7, 11) is 5.72. The molecule has 286 valence electrons. The van der Waals surface area contributed by atoms with Crippen molar-refractivity contribution >= 4 is 35.4 Å². The molecule has 0 aromatic heterocycles. The molecule has 8 N–H and O–H groups in total. The average molecular weight is 729 g/mol. The molecule has 2 aromatic rings. The van der Waals surface area contributed by atoms with Gasteiger partial charge in [0.2, 0.25) is 11.8 Å². The second kappa shape index (κ2) is 20.8. The zero-order valence-electron chi connectivity index (χ0n) is 30.8. The fourth-order valence-electron chi connectivity index (χ4n) is 5.13. The number of aliphatic hydroxyl groups excluding tert-OH is 2. The zero-order valence-corrected chi connectivity index (χ0v) is 30.8. The Labute approximate surface area is 303 Å². The Kier molecular flexibility index (Phi) is 17.3. The van der Waals surface area contributed by atoms with Crippen molar-refractivity contribution in [1.29, 1.82) is 0 Å². The lowest BCUT2D eigenvalue weighted by Gasteiger charge is -2.33. The van der Waals surface area contributed by atoms with E-state index in [0.29, 0.717) is 22.3 Å². The molecule has 0 radical (unpaired) electrons. The van der Waals surface area contributed by atoms with Gasteiger partial charge in [0.15, 0.2) is 12.2 Å². The van der Waals surface area contributed by atoms with Gasteiger partial charge in [0, 0.05) is 39.3 Å². The fraction of sp³-hybridized carbons (Fsp3) is 0.500. The minimum atomic E-state index is -2.15. The summed E-state index contributed by atoms with van der Waals surface area (Å²) in [5, 5.41) is 38.3. The molecule has 0 aliphatic heterocycles. The van der Waals surface area contributed by atoms with Crippen LogP contribution in [-0.2, 0) is 41.9 Å². The second-order valence-electron chi connectivity index (χ2n) is 12.7. The molecule has 16 nitrogen and oxygen atoms in total. The Morgan fingerprint density at radius 1 is 0.558 bits per heavy atom. The first-order valence-electron chi connectivity index (χ1n) is 16.8. The van der Waals surface area contributed by atoms with Crippen molar-refractivity contribution in [2.75, 3.05) is 28.2 Å². The summed E-state index contributed by atoms with van der Waals surface area (Å²) in [4.78, 5) is 77.2. The number of aliphatic hydroxyl groups is 2. The third-order valence-electron chi connectivity index (χ3n) is 8.17. The molecule has 0 heterocycles. The van der Waals surface area contributed by atoms with Gasteiger partial charge in [0.1, 0.15) is 24.3 Å². The van der Waals surface area contributed by atoms with Crippen molar-refractivity contribution in [3.63, 3.8) is 0 Å². The number of likely N-dealkylation sites (N-methyl/N-ethyl adjacent to an activating group) is 2. The highest BCUT2D eigenvalue weighted by Gasteiger charge is 2.43. The summed E-state index contributed by atoms with van der Waals surface area (Å²) >= 11 is 0. The molecule has 6 amide bonds. The normalized spacial score (nSPS) is 14.6. The maximum atomic E-state index is 13.8. The average Bonchev–Trinajstić information content (AvgIpc) is 3.14. The number of hydrogen-bond donors (Lipinski definition) is 8. The number of nitrogens with one attached hydrogen (secondary N) is 6. The molecule has 2 aromatic carbocycles. The second-order valence-corrected chi connectivity index (χ2v) is 12.7. The number of amides is 6. The van der Waals surface area contributed by atoms with E-state index in [0.717, 1.165) is 0 Å². The Balaban J connectivity index is 2.55. The summed E-state index contributed by atoms with van der Waals surface area (Å²) < 4.78 is 11.8. The van der Waals surface area contributed by atoms with Gasteiger partial charge in [-0.15, -0.1) is 0 Å². The summed E-state index contributed by atoms with van der Waals surface area (Å²) in [6.07, 6.45) is -8.07. The lowest BCUT2D eigenvalue weighted by Crippen LogP contribution is -2.60. The van der Waals surface area contributed by atoms with Crippen molar-refractivity contribution in [3.8, 4) is 0 Å². The van der Waals surface area contributed by atoms with Crippen LogP contribution in [0.3, 0.4) is 0 Å². The van der Waals surface area contributed by atoms with Gasteiger partial charge >= 0.3 is 0 Å². The van der Waals surface area contributed by atoms with Crippen LogP contribution in [0.15, 0.2) is 48.5 Å². The van der Waals surface area contributed by atoms with Gasteiger partial charge in [-0.05, 0) is 47.2 Å². The van der Waals surface area contributed by atoms with E-state index in [2.05, 4.69) is 31.9 Å². The molecule has 0 aliphatic rings. The van der Waals surface area contributed by atoms with E-state index in [-0.39, 0.29) is 25.0 Å². The van der Waals surface area contributed by atoms with Crippen molar-refractivity contribution in [2.45, 2.75) is 77.4 Å². The Morgan fingerprint density at radius 2 is 0.904 bits per heavy atom. The van der Waals surface area contributed by atoms with Gasteiger partial charge in [0.05, 0.1) is 13.2 Å². The van der Waals surface area contributed by atoms with Crippen molar-refractivity contribution in [2.24, 2.45) is 11.8 Å². The third kappa shape index (κ3) is 12.1. The van der Waals surface area contributed by atoms with E-state index in [9.17, 15) is 39.0 Å². The van der Waals surface area contributed by atoms with Crippen LogP contribution in [0, 0.1) is 11.8 Å². The summed E-state index contributed by atoms with van der Waals surface area (Å²) in [5.74, 6) is -4.58. The molecule has 16 heteroatoms. The quantitative estimate of drug-likeness (QED) is 0.0913. The van der Waals surface area contributed by atoms with E-state index in [1.807, 2.05) is 0 Å². The first kappa shape index (κ1) is 43.3. The number of benzene rings is 2. The highest BCUT2D eigenvalue weighted by atomic mass is 16.5. The molecule has 0 aliphatic carbocycles. The number of ether oxygens (including phenoxy) is 2. The highest BCUT2D eigenvalue weighted by molar-refractivity contribution is 5.95. The van der Waals surface area contributed by atoms with Gasteiger partial charge < -0.3 is 51.6 Å². The molecule has 6 atom stereocenters. The SMILES string of the molecule is CNC(=O)c1cccc(CO[C@@H](C(=O)N[C@H](C(=O)NC)C(C)C)[C@H](O)[C@@H](O)[C@@H](OCc2cccc(C(=O)NC)c2)C(=O)N[C@H](C(=O)NC)C(C)C)c1. The minimum absolute atomic E-state index is 0.297. The van der Waals surface area contributed by atoms with Crippen LogP contribution in [-0.4, -0.2) is 110 Å². The lowest BCUT2D eigenvalue weighted by molar-refractivity contribution is -0.171. The third-order valence-corrected chi connectivity index (χ3v) is 8.17. The predicted octanol–water partition coefficient (Wildman–Crippen LogP) is -0.628. The van der Waals surface area contributed by atoms with Crippen LogP contribution < -0.4 is 31.9 Å². The van der Waals surface area contributed by atoms with Crippen molar-refractivity contribution in [3.05, 3.63) is 70.8 Å². The van der Waals surface area contributed by atoms with E-state index >= 15 is 0 Å². The number of rotatable bonds is 19. The molecule has 0 saturated heterocycles. The number of carbonyl (C=O) groups is 6. The maximum absolute atomic E-state index is 13.8. The Morgan fingerprint density at radius 3 is 1.19 bits per heavy atom. The first-order valence-corrected chi connectivity index (χ1v) is 16.8. The Bertz CT molecular complexity index is 1440. The first-order chi connectivity index (χ1) is 24.6. The van der Waals surface area contributed by atoms with Crippen LogP contribution in [0.4, 0.5) is 0 Å². The standard InChI is InChI=1S/C36H52N6O10/c1-19(2)25(33(47)39-7)41-35(49)29(51-17-21-11-9-13-23(15-21)31(45)37-5)27(43)28(44)30(36(50)42-26(20(3)4)34(48)40-8)52-18-22-12-10-14-24(16-22)32(46)38-6/h9-16,19-20,25-30,43-44H,17-18H2,1-8H3,(H,37,45)(H,38,46)(H,39,47)(H,40,48)(H,41,49)(H,42,50)/t25-,26-,27+,28+,29+,30+/m0/s1. The zero-order chi connectivity index (χ0) is 39.1. The number of hydrogen-bond acceptors (Lipinski definition) is 10. The van der Waals surface area contributed by atoms with E-state index in [1.54, 1.807) is 64.1 Å². The van der Waals surface area contributed by atoms with Crippen LogP contribution in [0.2, 0.25) is 0 Å². The topological polar surface area (TPSA) is 234 Å². The summed E-state index contributed by atoms with van der Waals surface area (Å²) in [6.45, 7) is 6.09. The van der Waals surface area contributed by atoms with Crippen LogP contribution >= 0.6 is 0 Å². The largest absolute Gasteiger partial charge is 0.387 e. The van der Waals surface area contributed by atoms with E-state index in [4.69, 9.17) is 9.47 Å². The molecule has 0 fully saturated rings. The van der Waals surface area contributed by atoms with E-state index in [1.165, 1.54) is 40.3 Å². The summed E-state index contributed by atoms with van der Waals surface area (Å²) in [5.41, 5.74) is 1.45. The van der Waals surface area contributed by atoms with Gasteiger partial charge in [-0.25, -0.2) is 0 Å². The molecule has 0 spiro atoms. The van der Waals surface area contributed by atoms with Crippen LogP contribution in [0.1, 0.15) is 59.5 Å². The maximum Gasteiger partial charge on any atom is 0.252 e. The summed E-state index contributed by atoms with van der Waals surface area (Å²) in [6, 6.07) is 10.4. The van der Waals surface area contributed by atoms with E-state index < -0.39 is 72.0 Å². The monoisotopic (exact) mass is 728 g/mol. The molecule has 0 saturated carbocycles. The van der Waals surface area contributed by atoms with Crippen molar-refractivity contribution in [1.82, 2.24) is 31.9 Å². The lowest BCUT2D eigenvalue weighted by atomic mass is 9.98. The fourth-order valence-corrected chi connectivity index (χ4v) is 5.13. The smallest absolute Gasteiger partial charge is 0.252 e. The van der Waals surface area contributed by atoms with Gasteiger partial charge in [0.25, 0.3) is 23.6 Å². The van der Waals surface area contributed by atoms with Gasteiger partial charge in [-0.3, -0.25) is 28.8 Å². The molecular weight excluding hydrogens is 676 g/mol. The van der Waals surface area contributed by atoms with Crippen molar-refractivity contribution < 1.29 is 48.5 Å². The highest BCUT2D eigenvalue weighted by Crippen LogP contribution is 2.19. The number of carbonyl (C=O) groups excluding carboxylic acids is 6. The van der Waals surface area contributed by atoms with Crippen LogP contribution in [0.5, 0.6) is 0 Å². The predicted molar refractivity (Wildman–Crippen MR) is 191 cm³/mol. The molecule has 52 heavy (non-hydrogen) atoms. The molecule has 0 bridgehead atoms. The molecular formula is C36H52N6O10. The molecule has 2 rings (SSSR count). The van der Waals surface area contributed by atoms with Crippen LogP contribution in [0.25, 0.3) is 0 Å². The minimum Gasteiger partial charge on any atom is -0.387 e. The Hall–Kier alpha value is -4.90.